The zero-order valence-electron chi connectivity index (χ0n) is 13.3. The maximum atomic E-state index is 13.1. The zero-order chi connectivity index (χ0) is 18.2. The van der Waals surface area contributed by atoms with Crippen LogP contribution in [0.5, 0.6) is 5.88 Å². The number of carbonyl (C=O) groups excluding carboxylic acids is 2. The predicted molar refractivity (Wildman–Crippen MR) is 87.4 cm³/mol. The van der Waals surface area contributed by atoms with E-state index in [4.69, 9.17) is 4.74 Å². The lowest BCUT2D eigenvalue weighted by Gasteiger charge is -2.11. The standard InChI is InChI=1S/C16H16F2N4O3/c1-2-25-15-13(4-3-7-19-15)22-16(24)20-9-14(23)21-10-5-6-11(17)12(18)8-10/h3-8H,2,9H2,1H3,(H,21,23)(H2,20,22,24). The van der Waals surface area contributed by atoms with Crippen molar-refractivity contribution in [2.24, 2.45) is 0 Å². The molecule has 0 fully saturated rings. The topological polar surface area (TPSA) is 92.3 Å². The van der Waals surface area contributed by atoms with E-state index in [-0.39, 0.29) is 18.1 Å². The van der Waals surface area contributed by atoms with Gasteiger partial charge in [-0.15, -0.1) is 0 Å². The molecule has 0 spiro atoms. The number of halogens is 2. The monoisotopic (exact) mass is 350 g/mol. The van der Waals surface area contributed by atoms with E-state index in [0.717, 1.165) is 12.1 Å². The Bertz CT molecular complexity index is 771. The molecule has 2 aromatic rings. The Morgan fingerprint density at radius 3 is 2.68 bits per heavy atom. The molecule has 0 radical (unpaired) electrons. The van der Waals surface area contributed by atoms with Gasteiger partial charge in [0.1, 0.15) is 5.69 Å². The van der Waals surface area contributed by atoms with Crippen LogP contribution >= 0.6 is 0 Å². The largest absolute Gasteiger partial charge is 0.476 e. The van der Waals surface area contributed by atoms with Gasteiger partial charge in [0, 0.05) is 18.0 Å². The molecule has 0 aliphatic rings. The average molecular weight is 350 g/mol. The maximum Gasteiger partial charge on any atom is 0.319 e. The fourth-order valence-corrected chi connectivity index (χ4v) is 1.84. The van der Waals surface area contributed by atoms with Crippen LogP contribution in [-0.4, -0.2) is 30.1 Å². The Hall–Kier alpha value is -3.23. The third-order valence-corrected chi connectivity index (χ3v) is 2.91. The lowest BCUT2D eigenvalue weighted by atomic mass is 10.3. The number of carbonyl (C=O) groups is 2. The van der Waals surface area contributed by atoms with Gasteiger partial charge in [-0.1, -0.05) is 0 Å². The minimum Gasteiger partial charge on any atom is -0.476 e. The van der Waals surface area contributed by atoms with Gasteiger partial charge < -0.3 is 20.7 Å². The van der Waals surface area contributed by atoms with Crippen LogP contribution in [-0.2, 0) is 4.79 Å². The van der Waals surface area contributed by atoms with Crippen molar-refractivity contribution in [2.45, 2.75) is 6.92 Å². The number of rotatable bonds is 6. The summed E-state index contributed by atoms with van der Waals surface area (Å²) in [4.78, 5) is 27.5. The van der Waals surface area contributed by atoms with Gasteiger partial charge in [-0.2, -0.15) is 0 Å². The number of nitrogens with zero attached hydrogens (tertiary/aromatic N) is 1. The highest BCUT2D eigenvalue weighted by molar-refractivity contribution is 5.97. The summed E-state index contributed by atoms with van der Waals surface area (Å²) >= 11 is 0. The van der Waals surface area contributed by atoms with E-state index < -0.39 is 23.6 Å². The van der Waals surface area contributed by atoms with E-state index in [1.165, 1.54) is 12.3 Å². The smallest absolute Gasteiger partial charge is 0.319 e. The van der Waals surface area contributed by atoms with Gasteiger partial charge in [0.2, 0.25) is 11.8 Å². The molecule has 0 atom stereocenters. The quantitative estimate of drug-likeness (QED) is 0.746. The summed E-state index contributed by atoms with van der Waals surface area (Å²) in [5.41, 5.74) is 0.430. The third-order valence-electron chi connectivity index (χ3n) is 2.91. The molecule has 0 aliphatic heterocycles. The van der Waals surface area contributed by atoms with Gasteiger partial charge in [-0.05, 0) is 31.2 Å². The number of nitrogens with one attached hydrogen (secondary N) is 3. The van der Waals surface area contributed by atoms with Crippen molar-refractivity contribution in [3.8, 4) is 5.88 Å². The van der Waals surface area contributed by atoms with Gasteiger partial charge in [0.05, 0.1) is 13.2 Å². The number of hydrogen-bond acceptors (Lipinski definition) is 4. The second kappa shape index (κ2) is 8.57. The molecule has 0 saturated heterocycles. The highest BCUT2D eigenvalue weighted by atomic mass is 19.2. The van der Waals surface area contributed by atoms with Crippen molar-refractivity contribution in [2.75, 3.05) is 23.8 Å². The highest BCUT2D eigenvalue weighted by Gasteiger charge is 2.10. The van der Waals surface area contributed by atoms with Crippen molar-refractivity contribution in [3.05, 3.63) is 48.2 Å². The van der Waals surface area contributed by atoms with Gasteiger partial charge in [0.25, 0.3) is 0 Å². The van der Waals surface area contributed by atoms with Gasteiger partial charge >= 0.3 is 6.03 Å². The zero-order valence-corrected chi connectivity index (χ0v) is 13.3. The molecule has 1 heterocycles. The van der Waals surface area contributed by atoms with Crippen LogP contribution in [0.25, 0.3) is 0 Å². The number of hydrogen-bond donors (Lipinski definition) is 3. The fraction of sp³-hybridized carbons (Fsp3) is 0.188. The summed E-state index contributed by atoms with van der Waals surface area (Å²) in [6, 6.07) is 5.52. The minimum atomic E-state index is -1.08. The Labute approximate surface area is 142 Å². The van der Waals surface area contributed by atoms with Crippen LogP contribution in [0.3, 0.4) is 0 Å². The van der Waals surface area contributed by atoms with Crippen LogP contribution in [0.1, 0.15) is 6.92 Å². The highest BCUT2D eigenvalue weighted by Crippen LogP contribution is 2.20. The molecule has 3 amide bonds. The molecule has 0 unspecified atom stereocenters. The van der Waals surface area contributed by atoms with Gasteiger partial charge in [-0.25, -0.2) is 18.6 Å². The number of aromatic nitrogens is 1. The fourth-order valence-electron chi connectivity index (χ4n) is 1.84. The lowest BCUT2D eigenvalue weighted by Crippen LogP contribution is -2.35. The Balaban J connectivity index is 1.85. The van der Waals surface area contributed by atoms with Crippen molar-refractivity contribution in [1.29, 1.82) is 0 Å². The van der Waals surface area contributed by atoms with Crippen LogP contribution in [0.15, 0.2) is 36.5 Å². The normalized spacial score (nSPS) is 10.0. The number of anilines is 2. The van der Waals surface area contributed by atoms with E-state index >= 15 is 0 Å². The molecule has 0 saturated carbocycles. The summed E-state index contributed by atoms with van der Waals surface area (Å²) in [6.45, 7) is 1.79. The van der Waals surface area contributed by atoms with Gasteiger partial charge in [0.15, 0.2) is 11.6 Å². The molecule has 3 N–H and O–H groups in total. The number of amides is 3. The van der Waals surface area contributed by atoms with E-state index in [2.05, 4.69) is 20.9 Å². The molecule has 25 heavy (non-hydrogen) atoms. The molecule has 7 nitrogen and oxygen atoms in total. The Morgan fingerprint density at radius 1 is 1.16 bits per heavy atom. The first-order valence-electron chi connectivity index (χ1n) is 7.37. The average Bonchev–Trinajstić information content (AvgIpc) is 2.58. The first-order valence-corrected chi connectivity index (χ1v) is 7.37. The second-order valence-electron chi connectivity index (χ2n) is 4.77. The first kappa shape index (κ1) is 18.1. The van der Waals surface area contributed by atoms with Crippen molar-refractivity contribution in [1.82, 2.24) is 10.3 Å². The molecule has 132 valence electrons. The Morgan fingerprint density at radius 2 is 1.96 bits per heavy atom. The van der Waals surface area contributed by atoms with E-state index in [1.807, 2.05) is 0 Å². The van der Waals surface area contributed by atoms with Crippen LogP contribution in [0, 0.1) is 11.6 Å². The molecular formula is C16H16F2N4O3. The SMILES string of the molecule is CCOc1ncccc1NC(=O)NCC(=O)Nc1ccc(F)c(F)c1. The maximum absolute atomic E-state index is 13.1. The van der Waals surface area contributed by atoms with E-state index in [0.29, 0.717) is 12.3 Å². The summed E-state index contributed by atoms with van der Waals surface area (Å²) in [6.07, 6.45) is 1.52. The molecule has 1 aromatic heterocycles. The van der Waals surface area contributed by atoms with Crippen molar-refractivity contribution < 1.29 is 23.1 Å². The van der Waals surface area contributed by atoms with E-state index in [9.17, 15) is 18.4 Å². The van der Waals surface area contributed by atoms with Crippen molar-refractivity contribution in [3.63, 3.8) is 0 Å². The predicted octanol–water partition coefficient (Wildman–Crippen LogP) is 2.52. The Kier molecular flexibility index (Phi) is 6.21. The lowest BCUT2D eigenvalue weighted by molar-refractivity contribution is -0.115. The third kappa shape index (κ3) is 5.41. The van der Waals surface area contributed by atoms with Crippen LogP contribution < -0.4 is 20.7 Å². The molecule has 2 rings (SSSR count). The minimum absolute atomic E-state index is 0.0806. The molecule has 9 heteroatoms. The number of urea groups is 1. The van der Waals surface area contributed by atoms with Gasteiger partial charge in [-0.3, -0.25) is 4.79 Å². The van der Waals surface area contributed by atoms with Crippen LogP contribution in [0.2, 0.25) is 0 Å². The van der Waals surface area contributed by atoms with E-state index in [1.54, 1.807) is 19.1 Å². The molecule has 0 aliphatic carbocycles. The summed E-state index contributed by atoms with van der Waals surface area (Å²) < 4.78 is 31.1. The molecular weight excluding hydrogens is 334 g/mol. The number of pyridine rings is 1. The van der Waals surface area contributed by atoms with Crippen molar-refractivity contribution >= 4 is 23.3 Å². The molecule has 1 aromatic carbocycles. The summed E-state index contributed by atoms with van der Waals surface area (Å²) in [5.74, 6) is -2.44. The summed E-state index contributed by atoms with van der Waals surface area (Å²) in [7, 11) is 0. The van der Waals surface area contributed by atoms with Crippen LogP contribution in [0.4, 0.5) is 25.0 Å². The summed E-state index contributed by atoms with van der Waals surface area (Å²) in [5, 5.41) is 7.17. The first-order chi connectivity index (χ1) is 12.0. The second-order valence-corrected chi connectivity index (χ2v) is 4.77. The number of ether oxygens (including phenoxy) is 1. The number of benzene rings is 1. The molecule has 0 bridgehead atoms.